The van der Waals surface area contributed by atoms with Crippen LogP contribution in [0.1, 0.15) is 113 Å². The molecule has 1 unspecified atom stereocenters. The third-order valence-corrected chi connectivity index (χ3v) is 12.1. The van der Waals surface area contributed by atoms with Crippen LogP contribution in [0.2, 0.25) is 0 Å². The van der Waals surface area contributed by atoms with Crippen LogP contribution in [0, 0.1) is 11.3 Å². The smallest absolute Gasteiger partial charge is 0.254 e. The summed E-state index contributed by atoms with van der Waals surface area (Å²) in [4.78, 5) is 50.2. The summed E-state index contributed by atoms with van der Waals surface area (Å²) < 4.78 is 5.83. The summed E-state index contributed by atoms with van der Waals surface area (Å²) in [6.07, 6.45) is 9.80. The fourth-order valence-corrected chi connectivity index (χ4v) is 8.59. The third-order valence-electron chi connectivity index (χ3n) is 12.1. The van der Waals surface area contributed by atoms with Crippen molar-refractivity contribution in [3.8, 4) is 11.5 Å². The van der Waals surface area contributed by atoms with Gasteiger partial charge in [0, 0.05) is 61.5 Å². The SMILES string of the molecule is CC.CC.CC(CCC(=O)NC=O)N1Cc2cc(N3CCC(CN4CCCC4)CC3)ccc2C1=O.N=C(c1ccc(Oc2ccccc2)cc1)c1c(N)ncnc1NC1CCNCC1. The van der Waals surface area contributed by atoms with Gasteiger partial charge in [0.25, 0.3) is 5.91 Å². The van der Waals surface area contributed by atoms with Gasteiger partial charge in [-0.15, -0.1) is 0 Å². The van der Waals surface area contributed by atoms with Gasteiger partial charge in [0.2, 0.25) is 12.3 Å². The number of para-hydroxylation sites is 1. The molecule has 6 N–H and O–H groups in total. The van der Waals surface area contributed by atoms with Crippen molar-refractivity contribution in [2.45, 2.75) is 105 Å². The predicted molar refractivity (Wildman–Crippen MR) is 257 cm³/mol. The molecule has 4 aliphatic heterocycles. The maximum absolute atomic E-state index is 12.9. The summed E-state index contributed by atoms with van der Waals surface area (Å²) in [5.74, 6) is 2.92. The van der Waals surface area contributed by atoms with Crippen LogP contribution in [0.15, 0.2) is 79.1 Å². The number of imide groups is 1. The highest BCUT2D eigenvalue weighted by atomic mass is 16.5. The molecule has 3 saturated heterocycles. The van der Waals surface area contributed by atoms with E-state index in [4.69, 9.17) is 15.9 Å². The molecule has 14 nitrogen and oxygen atoms in total. The molecule has 4 aliphatic rings. The van der Waals surface area contributed by atoms with Gasteiger partial charge >= 0.3 is 0 Å². The Morgan fingerprint density at radius 1 is 0.922 bits per heavy atom. The first kappa shape index (κ1) is 49.2. The molecule has 3 aromatic carbocycles. The van der Waals surface area contributed by atoms with E-state index in [0.29, 0.717) is 48.4 Å². The maximum Gasteiger partial charge on any atom is 0.254 e. The van der Waals surface area contributed by atoms with Crippen molar-refractivity contribution in [1.82, 2.24) is 30.4 Å². The first-order chi connectivity index (χ1) is 31.2. The molecular weight excluding hydrogens is 805 g/mol. The van der Waals surface area contributed by atoms with Gasteiger partial charge in [-0.2, -0.15) is 0 Å². The number of aromatic nitrogens is 2. The van der Waals surface area contributed by atoms with E-state index in [-0.39, 0.29) is 30.0 Å². The Labute approximate surface area is 380 Å². The lowest BCUT2D eigenvalue weighted by Crippen LogP contribution is -2.38. The topological polar surface area (TPSA) is 182 Å². The zero-order valence-electron chi connectivity index (χ0n) is 38.6. The molecule has 8 rings (SSSR count). The summed E-state index contributed by atoms with van der Waals surface area (Å²) in [6, 6.07) is 23.5. The van der Waals surface area contributed by atoms with Crippen LogP contribution in [0.5, 0.6) is 11.5 Å². The number of benzene rings is 3. The molecule has 1 atom stereocenters. The fourth-order valence-electron chi connectivity index (χ4n) is 8.59. The number of nitrogens with two attached hydrogens (primary N) is 1. The number of carbonyl (C=O) groups is 3. The molecule has 5 heterocycles. The second-order valence-corrected chi connectivity index (χ2v) is 16.3. The van der Waals surface area contributed by atoms with Crippen molar-refractivity contribution >= 4 is 41.3 Å². The highest BCUT2D eigenvalue weighted by Gasteiger charge is 2.32. The van der Waals surface area contributed by atoms with E-state index < -0.39 is 0 Å². The summed E-state index contributed by atoms with van der Waals surface area (Å²) in [5.41, 5.74) is 10.7. The van der Waals surface area contributed by atoms with E-state index in [9.17, 15) is 14.4 Å². The van der Waals surface area contributed by atoms with Crippen molar-refractivity contribution in [3.05, 3.63) is 101 Å². The van der Waals surface area contributed by atoms with Gasteiger partial charge in [-0.3, -0.25) is 25.1 Å². The molecule has 0 spiro atoms. The van der Waals surface area contributed by atoms with Gasteiger partial charge in [-0.05, 0) is 144 Å². The van der Waals surface area contributed by atoms with Crippen LogP contribution in [-0.4, -0.2) is 102 Å². The lowest BCUT2D eigenvalue weighted by atomic mass is 9.95. The number of fused-ring (bicyclic) bond motifs is 1. The second kappa shape index (κ2) is 25.4. The Kier molecular flexibility index (Phi) is 19.5. The van der Waals surface area contributed by atoms with Gasteiger partial charge in [-0.1, -0.05) is 45.9 Å². The number of carbonyl (C=O) groups excluding carboxylic acids is 3. The van der Waals surface area contributed by atoms with E-state index in [0.717, 1.165) is 67.4 Å². The monoisotopic (exact) mass is 875 g/mol. The molecule has 0 aliphatic carbocycles. The summed E-state index contributed by atoms with van der Waals surface area (Å²) in [6.45, 7) is 18.4. The Balaban J connectivity index is 0.000000224. The van der Waals surface area contributed by atoms with Crippen molar-refractivity contribution in [2.75, 3.05) is 61.8 Å². The molecule has 0 bridgehead atoms. The van der Waals surface area contributed by atoms with Crippen LogP contribution in [-0.2, 0) is 16.1 Å². The molecule has 1 aromatic heterocycles. The number of amides is 3. The van der Waals surface area contributed by atoms with Crippen LogP contribution >= 0.6 is 0 Å². The number of nitrogens with one attached hydrogen (secondary N) is 4. The zero-order valence-corrected chi connectivity index (χ0v) is 38.6. The highest BCUT2D eigenvalue weighted by molar-refractivity contribution is 6.16. The van der Waals surface area contributed by atoms with E-state index in [1.807, 2.05) is 100 Å². The van der Waals surface area contributed by atoms with Gasteiger partial charge < -0.3 is 35.8 Å². The molecule has 3 amide bonds. The molecule has 14 heteroatoms. The minimum Gasteiger partial charge on any atom is -0.457 e. The minimum atomic E-state index is -0.304. The van der Waals surface area contributed by atoms with Crippen LogP contribution in [0.3, 0.4) is 0 Å². The van der Waals surface area contributed by atoms with Crippen LogP contribution < -0.4 is 31.3 Å². The first-order valence-electron chi connectivity index (χ1n) is 23.4. The van der Waals surface area contributed by atoms with Crippen LogP contribution in [0.4, 0.5) is 17.3 Å². The van der Waals surface area contributed by atoms with Gasteiger partial charge in [0.15, 0.2) is 0 Å². The van der Waals surface area contributed by atoms with Crippen LogP contribution in [0.25, 0.3) is 0 Å². The number of anilines is 3. The maximum atomic E-state index is 12.9. The minimum absolute atomic E-state index is 0.0363. The number of rotatable bonds is 14. The van der Waals surface area contributed by atoms with Gasteiger partial charge in [0.05, 0.1) is 11.3 Å². The lowest BCUT2D eigenvalue weighted by Gasteiger charge is -2.35. The quantitative estimate of drug-likeness (QED) is 0.0614. The Morgan fingerprint density at radius 2 is 1.59 bits per heavy atom. The second-order valence-electron chi connectivity index (χ2n) is 16.3. The van der Waals surface area contributed by atoms with E-state index in [2.05, 4.69) is 47.9 Å². The van der Waals surface area contributed by atoms with Gasteiger partial charge in [-0.25, -0.2) is 9.97 Å². The number of piperidine rings is 2. The molecule has 4 aromatic rings. The van der Waals surface area contributed by atoms with E-state index >= 15 is 0 Å². The predicted octanol–water partition coefficient (Wildman–Crippen LogP) is 7.88. The molecule has 344 valence electrons. The number of nitrogen functional groups attached to an aromatic ring is 1. The molecule has 0 saturated carbocycles. The molecule has 0 radical (unpaired) electrons. The number of ether oxygens (including phenoxy) is 1. The highest BCUT2D eigenvalue weighted by Crippen LogP contribution is 2.32. The molecule has 64 heavy (non-hydrogen) atoms. The third kappa shape index (κ3) is 13.6. The van der Waals surface area contributed by atoms with E-state index in [1.165, 1.54) is 57.3 Å². The molecular formula is C50H70N10O4. The first-order valence-corrected chi connectivity index (χ1v) is 23.4. The number of nitrogens with zero attached hydrogens (tertiary/aromatic N) is 5. The lowest BCUT2D eigenvalue weighted by molar-refractivity contribution is -0.125. The van der Waals surface area contributed by atoms with Gasteiger partial charge in [0.1, 0.15) is 29.5 Å². The zero-order chi connectivity index (χ0) is 45.8. The standard InChI is InChI=1S/C24H34N4O3.C22H24N6O.2C2H6/c1-18(4-7-23(30)25-17-29)28-16-20-14-21(5-6-22(20)24(28)31)27-12-8-19(9-13-27)15-26-10-2-3-11-26;23-20(15-6-8-18(9-7-15)29-17-4-2-1-3-5-17)19-21(24)26-14-27-22(19)28-16-10-12-25-13-11-16;2*1-2/h5-6,14,17-19H,2-4,7-13,15-16H2,1H3,(H,25,29,30);1-9,14,16,23,25H,10-13H2,(H3,24,26,27,28);2*1-2H3. The average Bonchev–Trinajstić information content (AvgIpc) is 3.98. The largest absolute Gasteiger partial charge is 0.457 e. The average molecular weight is 875 g/mol. The Morgan fingerprint density at radius 3 is 2.27 bits per heavy atom. The number of hydrogen-bond donors (Lipinski definition) is 5. The van der Waals surface area contributed by atoms with Crippen molar-refractivity contribution < 1.29 is 19.1 Å². The van der Waals surface area contributed by atoms with Crippen molar-refractivity contribution in [2.24, 2.45) is 5.92 Å². The number of likely N-dealkylation sites (tertiary alicyclic amines) is 1. The van der Waals surface area contributed by atoms with Crippen molar-refractivity contribution in [1.29, 1.82) is 5.41 Å². The summed E-state index contributed by atoms with van der Waals surface area (Å²) in [5, 5.41) is 17.7. The Hall–Kier alpha value is -5.86. The summed E-state index contributed by atoms with van der Waals surface area (Å²) in [7, 11) is 0. The molecule has 3 fully saturated rings. The Bertz CT molecular complexity index is 2080. The summed E-state index contributed by atoms with van der Waals surface area (Å²) >= 11 is 0. The normalized spacial score (nSPS) is 16.7. The van der Waals surface area contributed by atoms with Crippen molar-refractivity contribution in [3.63, 3.8) is 0 Å². The fraction of sp³-hybridized carbons (Fsp3) is 0.480. The number of hydrogen-bond acceptors (Lipinski definition) is 12. The van der Waals surface area contributed by atoms with E-state index in [1.54, 1.807) is 0 Å².